The normalized spacial score (nSPS) is 10.2. The quantitative estimate of drug-likeness (QED) is 0.851. The molecule has 0 saturated carbocycles. The molecule has 2 rings (SSSR count). The average Bonchev–Trinajstić information content (AvgIpc) is 2.43. The van der Waals surface area contributed by atoms with Crippen molar-refractivity contribution in [3.05, 3.63) is 52.5 Å². The summed E-state index contributed by atoms with van der Waals surface area (Å²) in [5.74, 6) is 0.270. The van der Waals surface area contributed by atoms with E-state index in [1.807, 2.05) is 19.1 Å². The summed E-state index contributed by atoms with van der Waals surface area (Å²) < 4.78 is 5.24. The maximum Gasteiger partial charge on any atom is 0.257 e. The van der Waals surface area contributed by atoms with Crippen molar-refractivity contribution in [2.45, 2.75) is 6.92 Å². The molecule has 0 aliphatic carbocycles. The van der Waals surface area contributed by atoms with Crippen LogP contribution in [0, 0.1) is 6.92 Å². The Morgan fingerprint density at radius 3 is 2.70 bits per heavy atom. The third kappa shape index (κ3) is 3.03. The van der Waals surface area contributed by atoms with Crippen molar-refractivity contribution in [1.29, 1.82) is 0 Å². The Bertz CT molecular complexity index is 656. The molecule has 0 radical (unpaired) electrons. The molecular formula is C15H15ClN2O2. The second-order valence-electron chi connectivity index (χ2n) is 4.39. The van der Waals surface area contributed by atoms with Gasteiger partial charge in [0, 0.05) is 10.7 Å². The molecule has 4 nitrogen and oxygen atoms in total. The highest BCUT2D eigenvalue weighted by molar-refractivity contribution is 6.31. The second-order valence-corrected chi connectivity index (χ2v) is 4.83. The molecule has 104 valence electrons. The first-order valence-corrected chi connectivity index (χ1v) is 6.40. The van der Waals surface area contributed by atoms with Crippen LogP contribution in [0.1, 0.15) is 15.9 Å². The van der Waals surface area contributed by atoms with Gasteiger partial charge in [0.05, 0.1) is 18.4 Å². The van der Waals surface area contributed by atoms with Crippen LogP contribution in [0.5, 0.6) is 5.75 Å². The van der Waals surface area contributed by atoms with Gasteiger partial charge in [0.1, 0.15) is 5.75 Å². The van der Waals surface area contributed by atoms with E-state index in [0.717, 1.165) is 5.56 Å². The third-order valence-electron chi connectivity index (χ3n) is 2.87. The number of nitrogens with one attached hydrogen (secondary N) is 1. The zero-order valence-corrected chi connectivity index (χ0v) is 12.0. The average molecular weight is 291 g/mol. The van der Waals surface area contributed by atoms with Gasteiger partial charge in [-0.25, -0.2) is 0 Å². The van der Waals surface area contributed by atoms with Crippen molar-refractivity contribution in [2.75, 3.05) is 18.2 Å². The van der Waals surface area contributed by atoms with Crippen molar-refractivity contribution < 1.29 is 9.53 Å². The van der Waals surface area contributed by atoms with Gasteiger partial charge in [-0.1, -0.05) is 17.7 Å². The fraction of sp³-hybridized carbons (Fsp3) is 0.133. The summed E-state index contributed by atoms with van der Waals surface area (Å²) in [6.07, 6.45) is 0. The smallest absolute Gasteiger partial charge is 0.257 e. The number of carbonyl (C=O) groups excluding carboxylic acids is 1. The molecule has 3 N–H and O–H groups in total. The number of halogens is 1. The van der Waals surface area contributed by atoms with Crippen molar-refractivity contribution >= 4 is 28.9 Å². The third-order valence-corrected chi connectivity index (χ3v) is 3.10. The number of ether oxygens (including phenoxy) is 1. The van der Waals surface area contributed by atoms with Gasteiger partial charge in [-0.3, -0.25) is 4.79 Å². The number of rotatable bonds is 3. The van der Waals surface area contributed by atoms with Crippen LogP contribution in [-0.4, -0.2) is 13.0 Å². The molecule has 5 heteroatoms. The first-order valence-electron chi connectivity index (χ1n) is 6.02. The van der Waals surface area contributed by atoms with Crippen molar-refractivity contribution in [3.63, 3.8) is 0 Å². The standard InChI is InChI=1S/C15H15ClN2O2/c1-9-3-6-13(14(7-9)20-2)18-15(19)11-8-10(16)4-5-12(11)17/h3-8H,17H2,1-2H3,(H,18,19). The monoisotopic (exact) mass is 290 g/mol. The van der Waals surface area contributed by atoms with Gasteiger partial charge >= 0.3 is 0 Å². The van der Waals surface area contributed by atoms with Gasteiger partial charge in [0.15, 0.2) is 0 Å². The molecule has 0 fully saturated rings. The second kappa shape index (κ2) is 5.84. The molecule has 0 aliphatic rings. The Morgan fingerprint density at radius 1 is 1.25 bits per heavy atom. The fourth-order valence-corrected chi connectivity index (χ4v) is 1.99. The predicted molar refractivity (Wildman–Crippen MR) is 81.5 cm³/mol. The maximum atomic E-state index is 12.2. The summed E-state index contributed by atoms with van der Waals surface area (Å²) >= 11 is 5.88. The Morgan fingerprint density at radius 2 is 2.00 bits per heavy atom. The number of anilines is 2. The molecule has 0 aliphatic heterocycles. The number of carbonyl (C=O) groups is 1. The first-order chi connectivity index (χ1) is 9.51. The number of benzene rings is 2. The summed E-state index contributed by atoms with van der Waals surface area (Å²) in [6.45, 7) is 1.95. The molecular weight excluding hydrogens is 276 g/mol. The lowest BCUT2D eigenvalue weighted by molar-refractivity contribution is 0.102. The molecule has 20 heavy (non-hydrogen) atoms. The highest BCUT2D eigenvalue weighted by Gasteiger charge is 2.13. The fourth-order valence-electron chi connectivity index (χ4n) is 1.82. The number of aryl methyl sites for hydroxylation is 1. The van der Waals surface area contributed by atoms with Gasteiger partial charge in [-0.2, -0.15) is 0 Å². The van der Waals surface area contributed by atoms with Crippen LogP contribution in [0.4, 0.5) is 11.4 Å². The highest BCUT2D eigenvalue weighted by Crippen LogP contribution is 2.27. The van der Waals surface area contributed by atoms with Crippen LogP contribution in [-0.2, 0) is 0 Å². The van der Waals surface area contributed by atoms with Crippen LogP contribution in [0.25, 0.3) is 0 Å². The number of nitrogen functional groups attached to an aromatic ring is 1. The molecule has 0 bridgehead atoms. The highest BCUT2D eigenvalue weighted by atomic mass is 35.5. The van der Waals surface area contributed by atoms with E-state index in [1.54, 1.807) is 25.3 Å². The van der Waals surface area contributed by atoms with Gasteiger partial charge in [-0.05, 0) is 42.8 Å². The van der Waals surface area contributed by atoms with Crippen LogP contribution in [0.2, 0.25) is 5.02 Å². The molecule has 0 unspecified atom stereocenters. The SMILES string of the molecule is COc1cc(C)ccc1NC(=O)c1cc(Cl)ccc1N. The number of hydrogen-bond acceptors (Lipinski definition) is 3. The Balaban J connectivity index is 2.30. The van der Waals surface area contributed by atoms with Crippen LogP contribution < -0.4 is 15.8 Å². The molecule has 0 atom stereocenters. The summed E-state index contributed by atoms with van der Waals surface area (Å²) in [7, 11) is 1.55. The Kier molecular flexibility index (Phi) is 4.15. The van der Waals surface area contributed by atoms with Crippen LogP contribution >= 0.6 is 11.6 Å². The van der Waals surface area contributed by atoms with Gasteiger partial charge in [0.2, 0.25) is 0 Å². The zero-order chi connectivity index (χ0) is 14.7. The molecule has 0 aromatic heterocycles. The minimum atomic E-state index is -0.327. The summed E-state index contributed by atoms with van der Waals surface area (Å²) in [4.78, 5) is 12.2. The van der Waals surface area contributed by atoms with Crippen LogP contribution in [0.3, 0.4) is 0 Å². The Hall–Kier alpha value is -2.20. The van der Waals surface area contributed by atoms with E-state index in [0.29, 0.717) is 27.7 Å². The zero-order valence-electron chi connectivity index (χ0n) is 11.2. The molecule has 1 amide bonds. The lowest BCUT2D eigenvalue weighted by Crippen LogP contribution is -2.14. The van der Waals surface area contributed by atoms with Gasteiger partial charge in [-0.15, -0.1) is 0 Å². The largest absolute Gasteiger partial charge is 0.495 e. The topological polar surface area (TPSA) is 64.3 Å². The van der Waals surface area contributed by atoms with Crippen LogP contribution in [0.15, 0.2) is 36.4 Å². The predicted octanol–water partition coefficient (Wildman–Crippen LogP) is 3.49. The minimum Gasteiger partial charge on any atom is -0.495 e. The van der Waals surface area contributed by atoms with Gasteiger partial charge < -0.3 is 15.8 Å². The van der Waals surface area contributed by atoms with E-state index in [9.17, 15) is 4.79 Å². The molecule has 0 saturated heterocycles. The van der Waals surface area contributed by atoms with Crippen molar-refractivity contribution in [2.24, 2.45) is 0 Å². The molecule has 2 aromatic carbocycles. The summed E-state index contributed by atoms with van der Waals surface area (Å²) in [5, 5.41) is 3.23. The van der Waals surface area contributed by atoms with E-state index >= 15 is 0 Å². The molecule has 2 aromatic rings. The maximum absolute atomic E-state index is 12.2. The first kappa shape index (κ1) is 14.2. The van der Waals surface area contributed by atoms with Gasteiger partial charge in [0.25, 0.3) is 5.91 Å². The summed E-state index contributed by atoms with van der Waals surface area (Å²) in [5.41, 5.74) is 8.12. The lowest BCUT2D eigenvalue weighted by atomic mass is 10.1. The van der Waals surface area contributed by atoms with E-state index in [1.165, 1.54) is 6.07 Å². The lowest BCUT2D eigenvalue weighted by Gasteiger charge is -2.12. The van der Waals surface area contributed by atoms with E-state index in [-0.39, 0.29) is 5.91 Å². The molecule has 0 heterocycles. The van der Waals surface area contributed by atoms with Crippen molar-refractivity contribution in [3.8, 4) is 5.75 Å². The van der Waals surface area contributed by atoms with E-state index in [4.69, 9.17) is 22.1 Å². The number of hydrogen-bond donors (Lipinski definition) is 2. The van der Waals surface area contributed by atoms with Crippen molar-refractivity contribution in [1.82, 2.24) is 0 Å². The summed E-state index contributed by atoms with van der Waals surface area (Å²) in [6, 6.07) is 10.3. The Labute approximate surface area is 122 Å². The van der Waals surface area contributed by atoms with E-state index in [2.05, 4.69) is 5.32 Å². The molecule has 0 spiro atoms. The number of nitrogens with two attached hydrogens (primary N) is 1. The van der Waals surface area contributed by atoms with E-state index < -0.39 is 0 Å². The number of amides is 1. The minimum absolute atomic E-state index is 0.327. The number of methoxy groups -OCH3 is 1.